The second-order valence-electron chi connectivity index (χ2n) is 7.81. The molecule has 138 valence electrons. The molecule has 3 atom stereocenters. The maximum Gasteiger partial charge on any atom is 0.217 e. The van der Waals surface area contributed by atoms with Gasteiger partial charge in [-0.1, -0.05) is 12.1 Å². The van der Waals surface area contributed by atoms with Gasteiger partial charge in [0.15, 0.2) is 12.5 Å². The van der Waals surface area contributed by atoms with E-state index in [0.29, 0.717) is 0 Å². The molecule has 2 aliphatic rings. The van der Waals surface area contributed by atoms with Crippen LogP contribution in [0.4, 0.5) is 0 Å². The highest BCUT2D eigenvalue weighted by Gasteiger charge is 2.51. The van der Waals surface area contributed by atoms with Crippen molar-refractivity contribution in [2.75, 3.05) is 13.1 Å². The molecule has 1 aromatic rings. The van der Waals surface area contributed by atoms with Crippen molar-refractivity contribution in [1.82, 2.24) is 10.2 Å². The lowest BCUT2D eigenvalue weighted by atomic mass is 10.1. The summed E-state index contributed by atoms with van der Waals surface area (Å²) >= 11 is 0. The number of epoxide rings is 1. The number of carbonyl (C=O) groups excluding carboxylic acids is 1. The smallest absolute Gasteiger partial charge is 0.217 e. The van der Waals surface area contributed by atoms with Crippen molar-refractivity contribution >= 4 is 5.91 Å². The lowest BCUT2D eigenvalue weighted by molar-refractivity contribution is -0.119. The van der Waals surface area contributed by atoms with Crippen LogP contribution in [0.5, 0.6) is 5.75 Å². The molecule has 3 rings (SSSR count). The molecule has 0 spiro atoms. The van der Waals surface area contributed by atoms with Crippen molar-refractivity contribution < 1.29 is 19.0 Å². The number of amides is 1. The van der Waals surface area contributed by atoms with E-state index < -0.39 is 0 Å². The molecule has 0 aliphatic carbocycles. The number of benzene rings is 1. The lowest BCUT2D eigenvalue weighted by Gasteiger charge is -2.38. The molecule has 2 heterocycles. The van der Waals surface area contributed by atoms with Crippen molar-refractivity contribution in [2.45, 2.75) is 64.9 Å². The van der Waals surface area contributed by atoms with Crippen LogP contribution in [0, 0.1) is 0 Å². The fraction of sp³-hybridized carbons (Fsp3) is 0.632. The number of hydrogen-bond acceptors (Lipinski definition) is 5. The Morgan fingerprint density at radius 1 is 1.28 bits per heavy atom. The van der Waals surface area contributed by atoms with Gasteiger partial charge in [-0.3, -0.25) is 9.69 Å². The van der Waals surface area contributed by atoms with Crippen molar-refractivity contribution in [3.8, 4) is 5.75 Å². The molecule has 3 unspecified atom stereocenters. The Balaban J connectivity index is 1.41. The third-order valence-corrected chi connectivity index (χ3v) is 4.24. The normalized spacial score (nSPS) is 25.2. The van der Waals surface area contributed by atoms with E-state index in [0.717, 1.165) is 24.4 Å². The first kappa shape index (κ1) is 18.2. The molecule has 1 amide bonds. The average molecular weight is 348 g/mol. The summed E-state index contributed by atoms with van der Waals surface area (Å²) in [5, 5.41) is 2.87. The third-order valence-electron chi connectivity index (χ3n) is 4.24. The molecule has 2 saturated heterocycles. The summed E-state index contributed by atoms with van der Waals surface area (Å²) in [7, 11) is 0. The first-order valence-electron chi connectivity index (χ1n) is 8.82. The molecule has 0 saturated carbocycles. The molecular weight excluding hydrogens is 320 g/mol. The zero-order chi connectivity index (χ0) is 18.2. The Bertz CT molecular complexity index is 605. The van der Waals surface area contributed by atoms with E-state index in [4.69, 9.17) is 14.2 Å². The molecule has 0 bridgehead atoms. The first-order valence-corrected chi connectivity index (χ1v) is 8.82. The fourth-order valence-electron chi connectivity index (χ4n) is 2.95. The SMILES string of the molecule is CC(=O)NC(C)c1ccc(OC2CN(C3OC3OC(C)(C)C)C2)cc1. The summed E-state index contributed by atoms with van der Waals surface area (Å²) in [6, 6.07) is 7.88. The minimum atomic E-state index is -0.184. The van der Waals surface area contributed by atoms with Gasteiger partial charge >= 0.3 is 0 Å². The highest BCUT2D eigenvalue weighted by atomic mass is 16.8. The van der Waals surface area contributed by atoms with Gasteiger partial charge in [0.2, 0.25) is 5.91 Å². The standard InChI is InChI=1S/C19H28N2O4/c1-12(20-13(2)22)14-6-8-15(9-7-14)23-16-10-21(11-16)17-18(24-17)25-19(3,4)5/h6-9,12,16-18H,10-11H2,1-5H3,(H,20,22). The maximum atomic E-state index is 11.1. The minimum Gasteiger partial charge on any atom is -0.488 e. The molecule has 25 heavy (non-hydrogen) atoms. The average Bonchev–Trinajstić information content (AvgIpc) is 3.18. The van der Waals surface area contributed by atoms with E-state index >= 15 is 0 Å². The lowest BCUT2D eigenvalue weighted by Crippen LogP contribution is -2.55. The van der Waals surface area contributed by atoms with Gasteiger partial charge < -0.3 is 19.5 Å². The summed E-state index contributed by atoms with van der Waals surface area (Å²) < 4.78 is 17.4. The van der Waals surface area contributed by atoms with Gasteiger partial charge in [0.05, 0.1) is 11.6 Å². The summed E-state index contributed by atoms with van der Waals surface area (Å²) in [5.41, 5.74) is 0.877. The molecule has 1 N–H and O–H groups in total. The van der Waals surface area contributed by atoms with Gasteiger partial charge in [0.1, 0.15) is 11.9 Å². The fourth-order valence-corrected chi connectivity index (χ4v) is 2.95. The van der Waals surface area contributed by atoms with E-state index in [-0.39, 0.29) is 36.2 Å². The zero-order valence-corrected chi connectivity index (χ0v) is 15.6. The third kappa shape index (κ3) is 4.93. The molecular formula is C19H28N2O4. The van der Waals surface area contributed by atoms with Crippen LogP contribution in [-0.4, -0.2) is 48.1 Å². The molecule has 2 aliphatic heterocycles. The number of hydrogen-bond donors (Lipinski definition) is 1. The van der Waals surface area contributed by atoms with Crippen LogP contribution in [0.25, 0.3) is 0 Å². The van der Waals surface area contributed by atoms with E-state index in [1.165, 1.54) is 6.92 Å². The molecule has 1 aromatic carbocycles. The first-order chi connectivity index (χ1) is 11.7. The van der Waals surface area contributed by atoms with Crippen LogP contribution in [-0.2, 0) is 14.3 Å². The Kier molecular flexibility index (Phi) is 5.04. The van der Waals surface area contributed by atoms with Crippen LogP contribution >= 0.6 is 0 Å². The Labute approximate surface area is 149 Å². The molecule has 2 fully saturated rings. The predicted molar refractivity (Wildman–Crippen MR) is 94.2 cm³/mol. The van der Waals surface area contributed by atoms with Gasteiger partial charge in [0.25, 0.3) is 0 Å². The number of nitrogens with one attached hydrogen (secondary N) is 1. The number of rotatable bonds is 6. The van der Waals surface area contributed by atoms with Crippen LogP contribution in [0.3, 0.4) is 0 Å². The minimum absolute atomic E-state index is 0.00231. The Morgan fingerprint density at radius 3 is 2.48 bits per heavy atom. The second-order valence-corrected chi connectivity index (χ2v) is 7.81. The summed E-state index contributed by atoms with van der Waals surface area (Å²) in [6.45, 7) is 11.3. The highest BCUT2D eigenvalue weighted by Crippen LogP contribution is 2.34. The van der Waals surface area contributed by atoms with Crippen molar-refractivity contribution in [1.29, 1.82) is 0 Å². The Hall–Kier alpha value is -1.63. The van der Waals surface area contributed by atoms with Crippen LogP contribution in [0.2, 0.25) is 0 Å². The van der Waals surface area contributed by atoms with Crippen LogP contribution in [0.1, 0.15) is 46.2 Å². The summed E-state index contributed by atoms with van der Waals surface area (Å²) in [4.78, 5) is 13.3. The van der Waals surface area contributed by atoms with Crippen molar-refractivity contribution in [3.63, 3.8) is 0 Å². The van der Waals surface area contributed by atoms with E-state index in [1.54, 1.807) is 0 Å². The van der Waals surface area contributed by atoms with Gasteiger partial charge in [-0.05, 0) is 45.4 Å². The van der Waals surface area contributed by atoms with E-state index in [9.17, 15) is 4.79 Å². The van der Waals surface area contributed by atoms with Crippen molar-refractivity contribution in [2.24, 2.45) is 0 Å². The van der Waals surface area contributed by atoms with E-state index in [1.807, 2.05) is 52.0 Å². The number of ether oxygens (including phenoxy) is 3. The van der Waals surface area contributed by atoms with E-state index in [2.05, 4.69) is 10.2 Å². The van der Waals surface area contributed by atoms with Gasteiger partial charge in [0, 0.05) is 20.0 Å². The number of nitrogens with zero attached hydrogens (tertiary/aromatic N) is 1. The second kappa shape index (κ2) is 6.94. The van der Waals surface area contributed by atoms with Crippen molar-refractivity contribution in [3.05, 3.63) is 29.8 Å². The van der Waals surface area contributed by atoms with Gasteiger partial charge in [-0.25, -0.2) is 0 Å². The van der Waals surface area contributed by atoms with Gasteiger partial charge in [-0.15, -0.1) is 0 Å². The zero-order valence-electron chi connectivity index (χ0n) is 15.6. The monoisotopic (exact) mass is 348 g/mol. The molecule has 0 aromatic heterocycles. The molecule has 0 radical (unpaired) electrons. The van der Waals surface area contributed by atoms with Gasteiger partial charge in [-0.2, -0.15) is 0 Å². The highest BCUT2D eigenvalue weighted by molar-refractivity contribution is 5.73. The molecule has 6 nitrogen and oxygen atoms in total. The van der Waals surface area contributed by atoms with Crippen LogP contribution < -0.4 is 10.1 Å². The number of likely N-dealkylation sites (tertiary alicyclic amines) is 1. The number of carbonyl (C=O) groups is 1. The van der Waals surface area contributed by atoms with Crippen LogP contribution in [0.15, 0.2) is 24.3 Å². The maximum absolute atomic E-state index is 11.1. The topological polar surface area (TPSA) is 63.3 Å². The largest absolute Gasteiger partial charge is 0.488 e. The molecule has 6 heteroatoms. The summed E-state index contributed by atoms with van der Waals surface area (Å²) in [6.07, 6.45) is 0.133. The predicted octanol–water partition coefficient (Wildman–Crippen LogP) is 2.44. The quantitative estimate of drug-likeness (QED) is 0.800. The summed E-state index contributed by atoms with van der Waals surface area (Å²) in [5.74, 6) is 0.820. The Morgan fingerprint density at radius 2 is 1.92 bits per heavy atom.